The van der Waals surface area contributed by atoms with Gasteiger partial charge in [0.15, 0.2) is 0 Å². The number of carbonyl (C=O) groups is 2. The van der Waals surface area contributed by atoms with Crippen molar-refractivity contribution in [2.75, 3.05) is 5.32 Å². The SMILES string of the molecule is Cc1cccc(NC(=O)[C@H](Cc2cc(I)c(O)c(I)c2)NC(=O)OCc2ccccc2)n1. The first-order valence-electron chi connectivity index (χ1n) is 9.70. The van der Waals surface area contributed by atoms with Crippen molar-refractivity contribution in [1.82, 2.24) is 10.3 Å². The maximum absolute atomic E-state index is 13.0. The van der Waals surface area contributed by atoms with Crippen molar-refractivity contribution in [2.45, 2.75) is 26.0 Å². The van der Waals surface area contributed by atoms with Gasteiger partial charge in [0, 0.05) is 12.1 Å². The first kappa shape index (κ1) is 24.2. The average molecular weight is 657 g/mol. The highest BCUT2D eigenvalue weighted by atomic mass is 127. The molecule has 0 aliphatic heterocycles. The van der Waals surface area contributed by atoms with Crippen LogP contribution in [0.25, 0.3) is 0 Å². The number of halogens is 2. The number of aryl methyl sites for hydroxylation is 1. The number of ether oxygens (including phenoxy) is 1. The van der Waals surface area contributed by atoms with Crippen LogP contribution in [-0.2, 0) is 22.6 Å². The van der Waals surface area contributed by atoms with Crippen molar-refractivity contribution >= 4 is 63.0 Å². The first-order chi connectivity index (χ1) is 15.3. The molecule has 3 N–H and O–H groups in total. The molecule has 7 nitrogen and oxygen atoms in total. The van der Waals surface area contributed by atoms with E-state index in [2.05, 4.69) is 15.6 Å². The Labute approximate surface area is 213 Å². The molecule has 0 aliphatic rings. The standard InChI is InChI=1S/C23H21I2N3O4/c1-14-6-5-9-20(26-14)28-22(30)19(12-16-10-17(24)21(29)18(25)11-16)27-23(31)32-13-15-7-3-2-4-8-15/h2-11,19,29H,12-13H2,1H3,(H,27,31)(H,26,28,30)/t19-/m0/s1. The van der Waals surface area contributed by atoms with Gasteiger partial charge < -0.3 is 20.5 Å². The Morgan fingerprint density at radius 1 is 1.03 bits per heavy atom. The molecule has 0 aliphatic carbocycles. The van der Waals surface area contributed by atoms with Gasteiger partial charge in [-0.05, 0) is 87.5 Å². The van der Waals surface area contributed by atoms with Crippen molar-refractivity contribution in [1.29, 1.82) is 0 Å². The quantitative estimate of drug-likeness (QED) is 0.318. The third-order valence-corrected chi connectivity index (χ3v) is 6.12. The smallest absolute Gasteiger partial charge is 0.408 e. The second-order valence-electron chi connectivity index (χ2n) is 7.02. The van der Waals surface area contributed by atoms with Gasteiger partial charge in [-0.2, -0.15) is 0 Å². The number of amides is 2. The number of aromatic nitrogens is 1. The van der Waals surface area contributed by atoms with E-state index >= 15 is 0 Å². The van der Waals surface area contributed by atoms with Crippen LogP contribution in [0.15, 0.2) is 60.7 Å². The van der Waals surface area contributed by atoms with E-state index in [1.54, 1.807) is 24.3 Å². The van der Waals surface area contributed by atoms with E-state index in [4.69, 9.17) is 4.74 Å². The van der Waals surface area contributed by atoms with Gasteiger partial charge in [0.05, 0.1) is 7.14 Å². The van der Waals surface area contributed by atoms with Crippen LogP contribution in [0.3, 0.4) is 0 Å². The minimum Gasteiger partial charge on any atom is -0.506 e. The van der Waals surface area contributed by atoms with E-state index in [-0.39, 0.29) is 18.8 Å². The fraction of sp³-hybridized carbons (Fsp3) is 0.174. The molecule has 9 heteroatoms. The zero-order valence-corrected chi connectivity index (χ0v) is 21.5. The fourth-order valence-electron chi connectivity index (χ4n) is 2.91. The van der Waals surface area contributed by atoms with E-state index in [1.807, 2.05) is 88.5 Å². The second kappa shape index (κ2) is 11.5. The van der Waals surface area contributed by atoms with E-state index in [0.29, 0.717) is 13.0 Å². The summed E-state index contributed by atoms with van der Waals surface area (Å²) in [6.45, 7) is 1.92. The van der Waals surface area contributed by atoms with Crippen molar-refractivity contribution in [3.63, 3.8) is 0 Å². The molecule has 0 bridgehead atoms. The summed E-state index contributed by atoms with van der Waals surface area (Å²) in [7, 11) is 0. The Morgan fingerprint density at radius 3 is 2.38 bits per heavy atom. The largest absolute Gasteiger partial charge is 0.506 e. The number of alkyl carbamates (subject to hydrolysis) is 1. The molecule has 2 amide bonds. The molecule has 0 fully saturated rings. The number of anilines is 1. The van der Waals surface area contributed by atoms with Gasteiger partial charge in [-0.15, -0.1) is 0 Å². The minimum absolute atomic E-state index is 0.0927. The number of aromatic hydroxyl groups is 1. The number of rotatable bonds is 7. The van der Waals surface area contributed by atoms with E-state index in [1.165, 1.54) is 0 Å². The Morgan fingerprint density at radius 2 is 1.72 bits per heavy atom. The normalized spacial score (nSPS) is 11.5. The third-order valence-electron chi connectivity index (χ3n) is 4.48. The zero-order chi connectivity index (χ0) is 23.1. The Balaban J connectivity index is 1.74. The van der Waals surface area contributed by atoms with Crippen LogP contribution >= 0.6 is 45.2 Å². The summed E-state index contributed by atoms with van der Waals surface area (Å²) >= 11 is 4.06. The Hall–Kier alpha value is -2.41. The van der Waals surface area contributed by atoms with E-state index < -0.39 is 18.0 Å². The lowest BCUT2D eigenvalue weighted by atomic mass is 10.1. The summed E-state index contributed by atoms with van der Waals surface area (Å²) < 4.78 is 6.62. The van der Waals surface area contributed by atoms with Crippen molar-refractivity contribution < 1.29 is 19.4 Å². The average Bonchev–Trinajstić information content (AvgIpc) is 2.76. The summed E-state index contributed by atoms with van der Waals surface area (Å²) in [5.41, 5.74) is 2.39. The fourth-order valence-corrected chi connectivity index (χ4v) is 4.81. The maximum Gasteiger partial charge on any atom is 0.408 e. The number of hydrogen-bond acceptors (Lipinski definition) is 5. The van der Waals surface area contributed by atoms with Crippen molar-refractivity contribution in [3.8, 4) is 5.75 Å². The predicted molar refractivity (Wildman–Crippen MR) is 138 cm³/mol. The van der Waals surface area contributed by atoms with Gasteiger partial charge in [0.1, 0.15) is 24.2 Å². The summed E-state index contributed by atoms with van der Waals surface area (Å²) in [6.07, 6.45) is -0.487. The molecule has 1 heterocycles. The monoisotopic (exact) mass is 657 g/mol. The molecule has 1 aromatic heterocycles. The zero-order valence-electron chi connectivity index (χ0n) is 17.1. The van der Waals surface area contributed by atoms with Crippen LogP contribution in [0.4, 0.5) is 10.6 Å². The maximum atomic E-state index is 13.0. The molecular weight excluding hydrogens is 636 g/mol. The van der Waals surface area contributed by atoms with Gasteiger partial charge in [-0.1, -0.05) is 36.4 Å². The van der Waals surface area contributed by atoms with Crippen LogP contribution in [0, 0.1) is 14.1 Å². The summed E-state index contributed by atoms with van der Waals surface area (Å²) in [5.74, 6) is 0.169. The molecule has 0 saturated heterocycles. The summed E-state index contributed by atoms with van der Waals surface area (Å²) in [5, 5.41) is 15.4. The number of benzene rings is 2. The third kappa shape index (κ3) is 7.05. The van der Waals surface area contributed by atoms with Gasteiger partial charge in [-0.3, -0.25) is 4.79 Å². The molecule has 166 valence electrons. The van der Waals surface area contributed by atoms with Crippen LogP contribution in [0.5, 0.6) is 5.75 Å². The molecule has 2 aromatic carbocycles. The predicted octanol–water partition coefficient (Wildman–Crippen LogP) is 4.78. The number of carbonyl (C=O) groups excluding carboxylic acids is 2. The molecule has 0 unspecified atom stereocenters. The number of hydrogen-bond donors (Lipinski definition) is 3. The number of phenols is 1. The highest BCUT2D eigenvalue weighted by Crippen LogP contribution is 2.28. The number of pyridine rings is 1. The topological polar surface area (TPSA) is 101 Å². The molecule has 0 saturated carbocycles. The molecule has 32 heavy (non-hydrogen) atoms. The van der Waals surface area contributed by atoms with E-state index in [0.717, 1.165) is 16.8 Å². The van der Waals surface area contributed by atoms with Crippen molar-refractivity contribution in [2.24, 2.45) is 0 Å². The molecule has 0 radical (unpaired) electrons. The van der Waals surface area contributed by atoms with E-state index in [9.17, 15) is 14.7 Å². The highest BCUT2D eigenvalue weighted by Gasteiger charge is 2.23. The van der Waals surface area contributed by atoms with Gasteiger partial charge in [-0.25, -0.2) is 9.78 Å². The van der Waals surface area contributed by atoms with Gasteiger partial charge >= 0.3 is 6.09 Å². The van der Waals surface area contributed by atoms with Crippen LogP contribution in [0.2, 0.25) is 0 Å². The Bertz CT molecular complexity index is 1090. The van der Waals surface area contributed by atoms with Gasteiger partial charge in [0.2, 0.25) is 5.91 Å². The molecule has 3 rings (SSSR count). The summed E-state index contributed by atoms with van der Waals surface area (Å²) in [4.78, 5) is 29.7. The molecule has 0 spiro atoms. The van der Waals surface area contributed by atoms with Crippen LogP contribution in [-0.4, -0.2) is 28.1 Å². The highest BCUT2D eigenvalue weighted by molar-refractivity contribution is 14.1. The summed E-state index contributed by atoms with van der Waals surface area (Å²) in [6, 6.07) is 17.2. The minimum atomic E-state index is -0.906. The lowest BCUT2D eigenvalue weighted by Crippen LogP contribution is -2.45. The molecule has 1 atom stereocenters. The number of nitrogens with zero attached hydrogens (tertiary/aromatic N) is 1. The lowest BCUT2D eigenvalue weighted by Gasteiger charge is -2.19. The molecular formula is C23H21I2N3O4. The van der Waals surface area contributed by atoms with Gasteiger partial charge in [0.25, 0.3) is 0 Å². The number of nitrogens with one attached hydrogen (secondary N) is 2. The first-order valence-corrected chi connectivity index (χ1v) is 11.9. The Kier molecular flexibility index (Phi) is 8.67. The second-order valence-corrected chi connectivity index (χ2v) is 9.35. The van der Waals surface area contributed by atoms with Crippen LogP contribution < -0.4 is 10.6 Å². The lowest BCUT2D eigenvalue weighted by molar-refractivity contribution is -0.118. The number of phenolic OH excluding ortho intramolecular Hbond substituents is 1. The van der Waals surface area contributed by atoms with Crippen LogP contribution in [0.1, 0.15) is 16.8 Å². The van der Waals surface area contributed by atoms with Crippen molar-refractivity contribution in [3.05, 3.63) is 84.6 Å². The molecule has 3 aromatic rings.